The zero-order valence-electron chi connectivity index (χ0n) is 11.6. The van der Waals surface area contributed by atoms with Crippen LogP contribution in [0.2, 0.25) is 0 Å². The van der Waals surface area contributed by atoms with Crippen molar-refractivity contribution in [1.82, 2.24) is 10.0 Å². The van der Waals surface area contributed by atoms with E-state index >= 15 is 0 Å². The van der Waals surface area contributed by atoms with Gasteiger partial charge >= 0.3 is 0 Å². The van der Waals surface area contributed by atoms with Crippen LogP contribution in [0, 0.1) is 0 Å². The van der Waals surface area contributed by atoms with Crippen LogP contribution < -0.4 is 10.0 Å². The summed E-state index contributed by atoms with van der Waals surface area (Å²) >= 11 is 0. The van der Waals surface area contributed by atoms with Crippen LogP contribution in [0.3, 0.4) is 0 Å². The smallest absolute Gasteiger partial charge is 0.251 e. The lowest BCUT2D eigenvalue weighted by Gasteiger charge is -2.08. The molecule has 1 aromatic rings. The van der Waals surface area contributed by atoms with E-state index in [0.717, 1.165) is 25.7 Å². The van der Waals surface area contributed by atoms with E-state index in [9.17, 15) is 13.2 Å². The number of unbranched alkanes of at least 4 members (excludes halogenated alkanes) is 1. The van der Waals surface area contributed by atoms with Crippen LogP contribution in [0.5, 0.6) is 0 Å². The van der Waals surface area contributed by atoms with Gasteiger partial charge in [0.15, 0.2) is 0 Å². The van der Waals surface area contributed by atoms with Crippen LogP contribution in [0.25, 0.3) is 0 Å². The molecule has 0 aromatic heterocycles. The molecular weight excluding hydrogens is 276 g/mol. The predicted octanol–water partition coefficient (Wildman–Crippen LogP) is 1.66. The Labute approximate surface area is 119 Å². The summed E-state index contributed by atoms with van der Waals surface area (Å²) in [4.78, 5) is 12.1. The van der Waals surface area contributed by atoms with Crippen LogP contribution >= 0.6 is 0 Å². The summed E-state index contributed by atoms with van der Waals surface area (Å²) in [5.41, 5.74) is 0.375. The normalized spacial score (nSPS) is 15.1. The van der Waals surface area contributed by atoms with Crippen molar-refractivity contribution in [3.05, 3.63) is 29.8 Å². The van der Waals surface area contributed by atoms with Crippen LogP contribution in [0.4, 0.5) is 0 Å². The van der Waals surface area contributed by atoms with Crippen molar-refractivity contribution in [2.75, 3.05) is 6.54 Å². The van der Waals surface area contributed by atoms with Gasteiger partial charge in [0.1, 0.15) is 0 Å². The fourth-order valence-corrected chi connectivity index (χ4v) is 3.12. The molecule has 0 unspecified atom stereocenters. The van der Waals surface area contributed by atoms with Gasteiger partial charge in [0, 0.05) is 18.2 Å². The molecule has 6 heteroatoms. The standard InChI is InChI=1S/C14H20N2O3S/c1-2-3-9-15-14(17)11-5-4-6-13(10-11)20(18,19)16-12-7-8-12/h4-6,10,12,16H,2-3,7-9H2,1H3,(H,15,17). The molecule has 5 nitrogen and oxygen atoms in total. The van der Waals surface area contributed by atoms with Crippen LogP contribution in [0.15, 0.2) is 29.2 Å². The van der Waals surface area contributed by atoms with Crippen molar-refractivity contribution in [3.63, 3.8) is 0 Å². The highest BCUT2D eigenvalue weighted by molar-refractivity contribution is 7.89. The number of carbonyl (C=O) groups excluding carboxylic acids is 1. The van der Waals surface area contributed by atoms with E-state index in [2.05, 4.69) is 10.0 Å². The second kappa shape index (κ2) is 6.37. The Kier molecular flexibility index (Phi) is 4.77. The molecule has 0 spiro atoms. The molecular formula is C14H20N2O3S. The average Bonchev–Trinajstić information content (AvgIpc) is 3.22. The molecule has 0 saturated heterocycles. The minimum atomic E-state index is -3.51. The lowest BCUT2D eigenvalue weighted by molar-refractivity contribution is 0.0953. The van der Waals surface area contributed by atoms with Crippen LogP contribution in [0.1, 0.15) is 43.0 Å². The van der Waals surface area contributed by atoms with Crippen molar-refractivity contribution < 1.29 is 13.2 Å². The van der Waals surface area contributed by atoms with Gasteiger partial charge in [0.25, 0.3) is 5.91 Å². The lowest BCUT2D eigenvalue weighted by Crippen LogP contribution is -2.27. The molecule has 1 aromatic carbocycles. The molecule has 2 N–H and O–H groups in total. The molecule has 1 aliphatic carbocycles. The summed E-state index contributed by atoms with van der Waals surface area (Å²) in [6.45, 7) is 2.65. The SMILES string of the molecule is CCCCNC(=O)c1cccc(S(=O)(=O)NC2CC2)c1. The number of benzene rings is 1. The highest BCUT2D eigenvalue weighted by atomic mass is 32.2. The molecule has 1 fully saturated rings. The fraction of sp³-hybridized carbons (Fsp3) is 0.500. The monoisotopic (exact) mass is 296 g/mol. The molecule has 0 heterocycles. The third-order valence-corrected chi connectivity index (χ3v) is 4.64. The quantitative estimate of drug-likeness (QED) is 0.751. The predicted molar refractivity (Wildman–Crippen MR) is 77.0 cm³/mol. The average molecular weight is 296 g/mol. The molecule has 1 saturated carbocycles. The van der Waals surface area contributed by atoms with Gasteiger partial charge in [-0.25, -0.2) is 13.1 Å². The van der Waals surface area contributed by atoms with E-state index in [-0.39, 0.29) is 16.8 Å². The van der Waals surface area contributed by atoms with Crippen LogP contribution in [-0.2, 0) is 10.0 Å². The van der Waals surface area contributed by atoms with E-state index in [0.29, 0.717) is 12.1 Å². The summed E-state index contributed by atoms with van der Waals surface area (Å²) in [6, 6.07) is 6.20. The Morgan fingerprint density at radius 1 is 1.35 bits per heavy atom. The van der Waals surface area contributed by atoms with Gasteiger partial charge in [-0.3, -0.25) is 4.79 Å². The van der Waals surface area contributed by atoms with Crippen molar-refractivity contribution in [3.8, 4) is 0 Å². The maximum absolute atomic E-state index is 12.1. The van der Waals surface area contributed by atoms with Crippen LogP contribution in [-0.4, -0.2) is 26.9 Å². The highest BCUT2D eigenvalue weighted by Crippen LogP contribution is 2.22. The van der Waals surface area contributed by atoms with Gasteiger partial charge in [-0.15, -0.1) is 0 Å². The Morgan fingerprint density at radius 2 is 2.10 bits per heavy atom. The molecule has 110 valence electrons. The van der Waals surface area contributed by atoms with E-state index < -0.39 is 10.0 Å². The van der Waals surface area contributed by atoms with Gasteiger partial charge in [-0.2, -0.15) is 0 Å². The first-order valence-electron chi connectivity index (χ1n) is 6.93. The Hall–Kier alpha value is -1.40. The number of sulfonamides is 1. The first kappa shape index (κ1) is 15.0. The topological polar surface area (TPSA) is 75.3 Å². The van der Waals surface area contributed by atoms with Crippen molar-refractivity contribution in [2.24, 2.45) is 0 Å². The first-order valence-corrected chi connectivity index (χ1v) is 8.42. The largest absolute Gasteiger partial charge is 0.352 e. The second-order valence-corrected chi connectivity index (χ2v) is 6.75. The van der Waals surface area contributed by atoms with Gasteiger partial charge in [-0.05, 0) is 37.5 Å². The number of hydrogen-bond donors (Lipinski definition) is 2. The number of rotatable bonds is 7. The molecule has 0 bridgehead atoms. The summed E-state index contributed by atoms with van der Waals surface area (Å²) in [6.07, 6.45) is 3.68. The van der Waals surface area contributed by atoms with Gasteiger partial charge < -0.3 is 5.32 Å². The first-order chi connectivity index (χ1) is 9.53. The van der Waals surface area contributed by atoms with Crippen molar-refractivity contribution in [2.45, 2.75) is 43.5 Å². The number of amides is 1. The van der Waals surface area contributed by atoms with Gasteiger partial charge in [-0.1, -0.05) is 19.4 Å². The van der Waals surface area contributed by atoms with E-state index in [4.69, 9.17) is 0 Å². The maximum atomic E-state index is 12.1. The highest BCUT2D eigenvalue weighted by Gasteiger charge is 2.28. The Morgan fingerprint density at radius 3 is 2.75 bits per heavy atom. The molecule has 1 aliphatic rings. The van der Waals surface area contributed by atoms with E-state index in [1.54, 1.807) is 12.1 Å². The zero-order valence-corrected chi connectivity index (χ0v) is 12.4. The molecule has 1 amide bonds. The summed E-state index contributed by atoms with van der Waals surface area (Å²) in [7, 11) is -3.51. The summed E-state index contributed by atoms with van der Waals surface area (Å²) in [5.74, 6) is -0.234. The van der Waals surface area contributed by atoms with Crippen molar-refractivity contribution in [1.29, 1.82) is 0 Å². The van der Waals surface area contributed by atoms with Crippen molar-refractivity contribution >= 4 is 15.9 Å². The molecule has 0 atom stereocenters. The van der Waals surface area contributed by atoms with Gasteiger partial charge in [0.2, 0.25) is 10.0 Å². The maximum Gasteiger partial charge on any atom is 0.251 e. The van der Waals surface area contributed by atoms with E-state index in [1.165, 1.54) is 12.1 Å². The Balaban J connectivity index is 2.08. The minimum Gasteiger partial charge on any atom is -0.352 e. The molecule has 0 aliphatic heterocycles. The fourth-order valence-electron chi connectivity index (χ4n) is 1.77. The molecule has 0 radical (unpaired) electrons. The Bertz CT molecular complexity index is 580. The summed E-state index contributed by atoms with van der Waals surface area (Å²) in [5, 5.41) is 2.78. The minimum absolute atomic E-state index is 0.0574. The van der Waals surface area contributed by atoms with Gasteiger partial charge in [0.05, 0.1) is 4.90 Å². The molecule has 20 heavy (non-hydrogen) atoms. The summed E-state index contributed by atoms with van der Waals surface area (Å²) < 4.78 is 26.8. The number of carbonyl (C=O) groups is 1. The number of hydrogen-bond acceptors (Lipinski definition) is 3. The third-order valence-electron chi connectivity index (χ3n) is 3.12. The second-order valence-electron chi connectivity index (χ2n) is 5.03. The number of nitrogens with one attached hydrogen (secondary N) is 2. The zero-order chi connectivity index (χ0) is 14.6. The lowest BCUT2D eigenvalue weighted by atomic mass is 10.2. The third kappa shape index (κ3) is 4.05. The van der Waals surface area contributed by atoms with E-state index in [1.807, 2.05) is 6.92 Å². The molecule has 2 rings (SSSR count).